The van der Waals surface area contributed by atoms with Crippen LogP contribution in [0.1, 0.15) is 11.3 Å². The minimum absolute atomic E-state index is 0.252. The van der Waals surface area contributed by atoms with Crippen LogP contribution in [0.4, 0.5) is 32.0 Å². The fourth-order valence-corrected chi connectivity index (χ4v) is 2.93. The molecule has 1 aromatic carbocycles. The minimum atomic E-state index is -4.58. The Morgan fingerprint density at radius 2 is 1.64 bits per heavy atom. The monoisotopic (exact) mass is 406 g/mol. The van der Waals surface area contributed by atoms with Crippen LogP contribution in [-0.2, 0) is 23.7 Å². The van der Waals surface area contributed by atoms with Crippen molar-refractivity contribution in [3.05, 3.63) is 47.8 Å². The first kappa shape index (κ1) is 20.0. The van der Waals surface area contributed by atoms with Gasteiger partial charge < -0.3 is 9.80 Å². The molecule has 3 rings (SSSR count). The van der Waals surface area contributed by atoms with E-state index in [1.54, 1.807) is 11.0 Å². The number of nitrogens with zero attached hydrogens (tertiary/aromatic N) is 4. The van der Waals surface area contributed by atoms with Crippen molar-refractivity contribution in [2.45, 2.75) is 18.9 Å². The topological polar surface area (TPSA) is 41.4 Å². The molecule has 11 heteroatoms. The number of rotatable bonds is 3. The van der Waals surface area contributed by atoms with Crippen LogP contribution >= 0.6 is 0 Å². The lowest BCUT2D eigenvalue weighted by Gasteiger charge is -2.36. The summed E-state index contributed by atoms with van der Waals surface area (Å²) < 4.78 is 77.1. The van der Waals surface area contributed by atoms with Crippen molar-refractivity contribution >= 4 is 11.6 Å². The predicted molar refractivity (Wildman–Crippen MR) is 87.5 cm³/mol. The largest absolute Gasteiger partial charge is 0.435 e. The number of carbonyl (C=O) groups is 1. The molecule has 0 N–H and O–H groups in total. The Kier molecular flexibility index (Phi) is 5.26. The van der Waals surface area contributed by atoms with Gasteiger partial charge in [0.2, 0.25) is 5.91 Å². The summed E-state index contributed by atoms with van der Waals surface area (Å²) in [4.78, 5) is 15.5. The van der Waals surface area contributed by atoms with Crippen LogP contribution in [0.5, 0.6) is 0 Å². The third kappa shape index (κ3) is 4.57. The molecule has 1 aliphatic rings. The zero-order valence-corrected chi connectivity index (χ0v) is 14.5. The second kappa shape index (κ2) is 7.36. The molecule has 2 aromatic rings. The molecule has 1 fully saturated rings. The van der Waals surface area contributed by atoms with E-state index < -0.39 is 29.5 Å². The van der Waals surface area contributed by atoms with E-state index in [0.717, 1.165) is 29.1 Å². The molecule has 5 nitrogen and oxygen atoms in total. The molecule has 1 aliphatic heterocycles. The van der Waals surface area contributed by atoms with E-state index in [1.807, 2.05) is 0 Å². The highest BCUT2D eigenvalue weighted by molar-refractivity contribution is 5.76. The van der Waals surface area contributed by atoms with E-state index in [4.69, 9.17) is 0 Å². The maximum atomic E-state index is 12.8. The lowest BCUT2D eigenvalue weighted by molar-refractivity contribution is -0.142. The highest BCUT2D eigenvalue weighted by Gasteiger charge is 2.34. The Bertz CT molecular complexity index is 837. The number of piperazine rings is 1. The van der Waals surface area contributed by atoms with Crippen molar-refractivity contribution in [2.24, 2.45) is 0 Å². The van der Waals surface area contributed by atoms with Gasteiger partial charge in [0, 0.05) is 38.1 Å². The van der Waals surface area contributed by atoms with Crippen LogP contribution in [-0.4, -0.2) is 46.8 Å². The maximum absolute atomic E-state index is 12.8. The highest BCUT2D eigenvalue weighted by atomic mass is 19.4. The first-order valence-corrected chi connectivity index (χ1v) is 8.35. The number of alkyl halides is 6. The zero-order valence-electron chi connectivity index (χ0n) is 14.5. The van der Waals surface area contributed by atoms with Gasteiger partial charge in [-0.2, -0.15) is 31.4 Å². The third-order valence-electron chi connectivity index (χ3n) is 4.40. The minimum Gasteiger partial charge on any atom is -0.368 e. The van der Waals surface area contributed by atoms with Crippen molar-refractivity contribution in [1.82, 2.24) is 14.7 Å². The van der Waals surface area contributed by atoms with Gasteiger partial charge in [0.05, 0.1) is 5.56 Å². The fraction of sp³-hybridized carbons (Fsp3) is 0.412. The molecule has 1 saturated heterocycles. The highest BCUT2D eigenvalue weighted by Crippen LogP contribution is 2.32. The molecular weight excluding hydrogens is 390 g/mol. The fourth-order valence-electron chi connectivity index (χ4n) is 2.93. The Balaban J connectivity index is 1.58. The van der Waals surface area contributed by atoms with E-state index in [2.05, 4.69) is 5.10 Å². The number of halogens is 6. The number of anilines is 1. The molecule has 0 unspecified atom stereocenters. The molecule has 0 radical (unpaired) electrons. The molecule has 28 heavy (non-hydrogen) atoms. The summed E-state index contributed by atoms with van der Waals surface area (Å²) in [5, 5.41) is 3.34. The SMILES string of the molecule is O=C(Cn1ccc(C(F)(F)F)n1)N1CCN(c2cccc(C(F)(F)F)c2)CC1. The van der Waals surface area contributed by atoms with Crippen molar-refractivity contribution in [2.75, 3.05) is 31.1 Å². The Morgan fingerprint density at radius 3 is 2.21 bits per heavy atom. The van der Waals surface area contributed by atoms with Gasteiger partial charge in [0.25, 0.3) is 0 Å². The van der Waals surface area contributed by atoms with Gasteiger partial charge in [0.15, 0.2) is 5.69 Å². The maximum Gasteiger partial charge on any atom is 0.435 e. The summed E-state index contributed by atoms with van der Waals surface area (Å²) in [6.45, 7) is 0.810. The molecule has 0 bridgehead atoms. The lowest BCUT2D eigenvalue weighted by atomic mass is 10.1. The van der Waals surface area contributed by atoms with Crippen molar-refractivity contribution < 1.29 is 31.1 Å². The first-order chi connectivity index (χ1) is 13.0. The normalized spacial score (nSPS) is 15.8. The van der Waals surface area contributed by atoms with E-state index in [1.165, 1.54) is 11.0 Å². The molecule has 1 amide bonds. The van der Waals surface area contributed by atoms with Gasteiger partial charge in [-0.25, -0.2) is 0 Å². The van der Waals surface area contributed by atoms with E-state index in [-0.39, 0.29) is 19.6 Å². The van der Waals surface area contributed by atoms with Gasteiger partial charge in [-0.15, -0.1) is 0 Å². The molecule has 0 atom stereocenters. The standard InChI is InChI=1S/C17H16F6N4O/c18-16(19,20)12-2-1-3-13(10-12)25-6-8-26(9-7-25)15(28)11-27-5-4-14(24-27)17(21,22)23/h1-5,10H,6-9,11H2. The van der Waals surface area contributed by atoms with Crippen LogP contribution in [0.3, 0.4) is 0 Å². The molecule has 0 aliphatic carbocycles. The number of amides is 1. The van der Waals surface area contributed by atoms with Crippen molar-refractivity contribution in [3.63, 3.8) is 0 Å². The molecule has 1 aromatic heterocycles. The van der Waals surface area contributed by atoms with Crippen LogP contribution in [0, 0.1) is 0 Å². The summed E-state index contributed by atoms with van der Waals surface area (Å²) >= 11 is 0. The second-order valence-electron chi connectivity index (χ2n) is 6.31. The zero-order chi connectivity index (χ0) is 20.5. The number of benzene rings is 1. The Labute approximate surface area is 156 Å². The Morgan fingerprint density at radius 1 is 0.964 bits per heavy atom. The van der Waals surface area contributed by atoms with E-state index in [9.17, 15) is 31.1 Å². The van der Waals surface area contributed by atoms with Gasteiger partial charge in [-0.05, 0) is 24.3 Å². The molecule has 0 spiro atoms. The summed E-state index contributed by atoms with van der Waals surface area (Å²) in [5.41, 5.74) is -1.42. The third-order valence-corrected chi connectivity index (χ3v) is 4.40. The number of hydrogen-bond donors (Lipinski definition) is 0. The van der Waals surface area contributed by atoms with Crippen molar-refractivity contribution in [3.8, 4) is 0 Å². The van der Waals surface area contributed by atoms with Crippen LogP contribution in [0.15, 0.2) is 36.5 Å². The second-order valence-corrected chi connectivity index (χ2v) is 6.31. The van der Waals surface area contributed by atoms with Gasteiger partial charge in [0.1, 0.15) is 6.54 Å². The average Bonchev–Trinajstić information content (AvgIpc) is 3.10. The molecule has 2 heterocycles. The summed E-state index contributed by atoms with van der Waals surface area (Å²) in [6, 6.07) is 5.72. The van der Waals surface area contributed by atoms with Gasteiger partial charge in [-0.1, -0.05) is 6.07 Å². The molecule has 0 saturated carbocycles. The van der Waals surface area contributed by atoms with Crippen LogP contribution < -0.4 is 4.90 Å². The summed E-state index contributed by atoms with van der Waals surface area (Å²) in [6.07, 6.45) is -7.93. The lowest BCUT2D eigenvalue weighted by Crippen LogP contribution is -2.49. The van der Waals surface area contributed by atoms with Gasteiger partial charge >= 0.3 is 12.4 Å². The predicted octanol–water partition coefficient (Wildman–Crippen LogP) is 3.27. The average molecular weight is 406 g/mol. The van der Waals surface area contributed by atoms with Crippen LogP contribution in [0.25, 0.3) is 0 Å². The van der Waals surface area contributed by atoms with Gasteiger partial charge in [-0.3, -0.25) is 9.48 Å². The summed E-state index contributed by atoms with van der Waals surface area (Å²) in [7, 11) is 0. The molecular formula is C17H16F6N4O. The Hall–Kier alpha value is -2.72. The van der Waals surface area contributed by atoms with Crippen molar-refractivity contribution in [1.29, 1.82) is 0 Å². The quantitative estimate of drug-likeness (QED) is 0.735. The number of carbonyl (C=O) groups excluding carboxylic acids is 1. The first-order valence-electron chi connectivity index (χ1n) is 8.35. The number of aromatic nitrogens is 2. The van der Waals surface area contributed by atoms with E-state index >= 15 is 0 Å². The van der Waals surface area contributed by atoms with E-state index in [0.29, 0.717) is 18.8 Å². The summed E-state index contributed by atoms with van der Waals surface area (Å²) in [5.74, 6) is -0.402. The van der Waals surface area contributed by atoms with Crippen LogP contribution in [0.2, 0.25) is 0 Å². The molecule has 152 valence electrons. The smallest absolute Gasteiger partial charge is 0.368 e. The number of hydrogen-bond acceptors (Lipinski definition) is 3.